The first-order valence-corrected chi connectivity index (χ1v) is 10.9. The number of carbonyl (C=O) groups is 1. The molecule has 5 rings (SSSR count). The molecular weight excluding hydrogens is 388 g/mol. The lowest BCUT2D eigenvalue weighted by Gasteiger charge is -2.23. The van der Waals surface area contributed by atoms with Gasteiger partial charge in [0, 0.05) is 31.9 Å². The van der Waals surface area contributed by atoms with Crippen molar-refractivity contribution in [2.75, 3.05) is 31.1 Å². The van der Waals surface area contributed by atoms with Gasteiger partial charge in [0.1, 0.15) is 0 Å². The van der Waals surface area contributed by atoms with Crippen LogP contribution in [-0.2, 0) is 0 Å². The maximum Gasteiger partial charge on any atom is 0.253 e. The van der Waals surface area contributed by atoms with Crippen LogP contribution >= 0.6 is 11.3 Å². The summed E-state index contributed by atoms with van der Waals surface area (Å²) in [7, 11) is 0. The number of fused-ring (bicyclic) bond motifs is 1. The lowest BCUT2D eigenvalue weighted by atomic mass is 10.1. The predicted molar refractivity (Wildman–Crippen MR) is 113 cm³/mol. The number of piperidine rings is 1. The minimum Gasteiger partial charge on any atom is -0.391 e. The number of aliphatic hydroxyl groups excluding tert-OH is 1. The van der Waals surface area contributed by atoms with E-state index in [-0.39, 0.29) is 18.1 Å². The molecule has 9 heteroatoms. The first-order valence-electron chi connectivity index (χ1n) is 10.1. The van der Waals surface area contributed by atoms with Crippen molar-refractivity contribution in [3.63, 3.8) is 0 Å². The second kappa shape index (κ2) is 7.74. The lowest BCUT2D eigenvalue weighted by molar-refractivity contribution is 0.0932. The van der Waals surface area contributed by atoms with Gasteiger partial charge in [-0.2, -0.15) is 0 Å². The van der Waals surface area contributed by atoms with E-state index >= 15 is 0 Å². The summed E-state index contributed by atoms with van der Waals surface area (Å²) >= 11 is 1.63. The number of nitrogens with zero attached hydrogens (tertiary/aromatic N) is 3. The van der Waals surface area contributed by atoms with E-state index in [1.807, 2.05) is 6.07 Å². The Balaban J connectivity index is 1.40. The van der Waals surface area contributed by atoms with E-state index < -0.39 is 0 Å². The van der Waals surface area contributed by atoms with Crippen LogP contribution in [0.1, 0.15) is 29.6 Å². The zero-order valence-electron chi connectivity index (χ0n) is 16.0. The fraction of sp³-hybridized carbons (Fsp3) is 0.450. The Labute approximate surface area is 172 Å². The van der Waals surface area contributed by atoms with Crippen LogP contribution in [0.4, 0.5) is 5.00 Å². The normalized spacial score (nSPS) is 22.3. The van der Waals surface area contributed by atoms with Gasteiger partial charge >= 0.3 is 0 Å². The van der Waals surface area contributed by atoms with E-state index in [9.17, 15) is 9.90 Å². The summed E-state index contributed by atoms with van der Waals surface area (Å²) in [4.78, 5) is 28.3. The summed E-state index contributed by atoms with van der Waals surface area (Å²) in [5, 5.41) is 17.3. The number of hydrogen-bond donors (Lipinski definition) is 4. The number of aliphatic hydroxyl groups is 1. The summed E-state index contributed by atoms with van der Waals surface area (Å²) in [5.41, 5.74) is 1.77. The number of carbonyl (C=O) groups excluding carboxylic acids is 1. The SMILES string of the molecule is O=C(N[C@H]1CCCNC1)c1ccnc2nc(-c3ccc(N4CC[C@@H](O)C4)s3)[nH]c12. The number of anilines is 1. The number of pyridine rings is 1. The standard InChI is InChI=1S/C20H24N6O2S/c27-13-6-9-26(11-13)16-4-3-15(29-16)18-24-17-14(5-8-22-19(17)25-18)20(28)23-12-2-1-7-21-10-12/h3-5,8,12-13,21,27H,1-2,6-7,9-11H2,(H,23,28)(H,22,24,25)/t12-,13+/m0/s1. The molecule has 0 unspecified atom stereocenters. The van der Waals surface area contributed by atoms with Crippen molar-refractivity contribution >= 4 is 33.4 Å². The monoisotopic (exact) mass is 412 g/mol. The van der Waals surface area contributed by atoms with Crippen molar-refractivity contribution in [3.05, 3.63) is 30.0 Å². The minimum atomic E-state index is -0.253. The second-order valence-corrected chi connectivity index (χ2v) is 8.75. The maximum atomic E-state index is 12.8. The van der Waals surface area contributed by atoms with Gasteiger partial charge in [0.25, 0.3) is 5.91 Å². The van der Waals surface area contributed by atoms with Gasteiger partial charge in [-0.15, -0.1) is 11.3 Å². The molecule has 2 atom stereocenters. The van der Waals surface area contributed by atoms with Gasteiger partial charge in [-0.25, -0.2) is 9.97 Å². The Morgan fingerprint density at radius 1 is 1.31 bits per heavy atom. The van der Waals surface area contributed by atoms with E-state index in [1.54, 1.807) is 23.6 Å². The van der Waals surface area contributed by atoms with Crippen LogP contribution in [0.5, 0.6) is 0 Å². The van der Waals surface area contributed by atoms with Crippen LogP contribution in [0.15, 0.2) is 24.4 Å². The Bertz CT molecular complexity index is 1030. The van der Waals surface area contributed by atoms with Crippen molar-refractivity contribution in [3.8, 4) is 10.7 Å². The number of nitrogens with one attached hydrogen (secondary N) is 3. The van der Waals surface area contributed by atoms with Crippen LogP contribution in [0.25, 0.3) is 21.9 Å². The molecule has 0 radical (unpaired) electrons. The molecule has 1 amide bonds. The van der Waals surface area contributed by atoms with Gasteiger partial charge in [-0.3, -0.25) is 4.79 Å². The smallest absolute Gasteiger partial charge is 0.253 e. The molecule has 152 valence electrons. The molecule has 8 nitrogen and oxygen atoms in total. The first-order chi connectivity index (χ1) is 14.2. The quantitative estimate of drug-likeness (QED) is 0.520. The van der Waals surface area contributed by atoms with Crippen molar-refractivity contribution in [2.45, 2.75) is 31.4 Å². The zero-order chi connectivity index (χ0) is 19.8. The third kappa shape index (κ3) is 3.73. The molecular formula is C20H24N6O2S. The number of aromatic amines is 1. The fourth-order valence-electron chi connectivity index (χ4n) is 4.02. The van der Waals surface area contributed by atoms with Crippen LogP contribution in [0.2, 0.25) is 0 Å². The van der Waals surface area contributed by atoms with Crippen LogP contribution < -0.4 is 15.5 Å². The number of thiophene rings is 1. The van der Waals surface area contributed by atoms with Crippen molar-refractivity contribution in [1.29, 1.82) is 0 Å². The number of H-pyrrole nitrogens is 1. The molecule has 29 heavy (non-hydrogen) atoms. The third-order valence-electron chi connectivity index (χ3n) is 5.57. The van der Waals surface area contributed by atoms with Crippen LogP contribution in [0, 0.1) is 0 Å². The third-order valence-corrected chi connectivity index (χ3v) is 6.72. The summed E-state index contributed by atoms with van der Waals surface area (Å²) < 4.78 is 0. The highest BCUT2D eigenvalue weighted by atomic mass is 32.1. The zero-order valence-corrected chi connectivity index (χ0v) is 16.8. The first kappa shape index (κ1) is 18.5. The molecule has 5 heterocycles. The maximum absolute atomic E-state index is 12.8. The lowest BCUT2D eigenvalue weighted by Crippen LogP contribution is -2.45. The molecule has 0 saturated carbocycles. The van der Waals surface area contributed by atoms with E-state index in [4.69, 9.17) is 0 Å². The molecule has 3 aromatic heterocycles. The Hall–Kier alpha value is -2.49. The molecule has 0 bridgehead atoms. The van der Waals surface area contributed by atoms with E-state index in [0.717, 1.165) is 48.8 Å². The topological polar surface area (TPSA) is 106 Å². The Morgan fingerprint density at radius 2 is 2.24 bits per heavy atom. The van der Waals surface area contributed by atoms with Gasteiger partial charge in [-0.1, -0.05) is 0 Å². The molecule has 2 aliphatic rings. The number of β-amino-alcohol motifs (C(OH)–C–C–N with tert-alkyl or cyclic N) is 1. The molecule has 3 aromatic rings. The molecule has 2 saturated heterocycles. The number of aromatic nitrogens is 3. The van der Waals surface area contributed by atoms with Gasteiger partial charge in [-0.05, 0) is 44.0 Å². The number of rotatable bonds is 4. The van der Waals surface area contributed by atoms with Gasteiger partial charge in [0.15, 0.2) is 11.5 Å². The molecule has 0 aromatic carbocycles. The van der Waals surface area contributed by atoms with E-state index in [0.29, 0.717) is 29.1 Å². The molecule has 4 N–H and O–H groups in total. The summed E-state index contributed by atoms with van der Waals surface area (Å²) in [6.07, 6.45) is 4.24. The number of imidazole rings is 1. The number of hydrogen-bond acceptors (Lipinski definition) is 7. The van der Waals surface area contributed by atoms with Crippen LogP contribution in [-0.4, -0.2) is 64.3 Å². The van der Waals surface area contributed by atoms with Crippen molar-refractivity contribution in [2.24, 2.45) is 0 Å². The van der Waals surface area contributed by atoms with Gasteiger partial charge in [0.05, 0.1) is 27.1 Å². The van der Waals surface area contributed by atoms with Crippen molar-refractivity contribution < 1.29 is 9.90 Å². The summed E-state index contributed by atoms with van der Waals surface area (Å²) in [5.74, 6) is 0.613. The molecule has 0 spiro atoms. The van der Waals surface area contributed by atoms with Crippen LogP contribution in [0.3, 0.4) is 0 Å². The molecule has 2 aliphatic heterocycles. The predicted octanol–water partition coefficient (Wildman–Crippen LogP) is 1.74. The second-order valence-electron chi connectivity index (χ2n) is 7.69. The summed E-state index contributed by atoms with van der Waals surface area (Å²) in [6.45, 7) is 3.34. The average Bonchev–Trinajstić information content (AvgIpc) is 3.46. The molecule has 0 aliphatic carbocycles. The van der Waals surface area contributed by atoms with Gasteiger partial charge in [0.2, 0.25) is 0 Å². The molecule has 2 fully saturated rings. The highest BCUT2D eigenvalue weighted by Crippen LogP contribution is 2.34. The average molecular weight is 413 g/mol. The number of amides is 1. The highest BCUT2D eigenvalue weighted by molar-refractivity contribution is 7.19. The highest BCUT2D eigenvalue weighted by Gasteiger charge is 2.23. The Morgan fingerprint density at radius 3 is 3.03 bits per heavy atom. The van der Waals surface area contributed by atoms with Gasteiger partial charge < -0.3 is 25.6 Å². The minimum absolute atomic E-state index is 0.0979. The summed E-state index contributed by atoms with van der Waals surface area (Å²) in [6, 6.07) is 5.97. The fourth-order valence-corrected chi connectivity index (χ4v) is 5.01. The van der Waals surface area contributed by atoms with Crippen molar-refractivity contribution in [1.82, 2.24) is 25.6 Å². The largest absolute Gasteiger partial charge is 0.391 e. The van der Waals surface area contributed by atoms with E-state index in [1.165, 1.54) is 0 Å². The Kier molecular flexibility index (Phi) is 4.94. The van der Waals surface area contributed by atoms with E-state index in [2.05, 4.69) is 36.6 Å².